The summed E-state index contributed by atoms with van der Waals surface area (Å²) >= 11 is 0. The molecule has 3 nitrogen and oxygen atoms in total. The maximum atomic E-state index is 11.0. The molecule has 21 heavy (non-hydrogen) atoms. The lowest BCUT2D eigenvalue weighted by Crippen LogP contribution is -1.98. The number of ether oxygens (including phenoxy) is 1. The Bertz CT molecular complexity index is 660. The molecule has 0 bridgehead atoms. The Hall–Kier alpha value is -2.29. The van der Waals surface area contributed by atoms with Gasteiger partial charge in [0.2, 0.25) is 0 Å². The van der Waals surface area contributed by atoms with Crippen LogP contribution in [0.3, 0.4) is 0 Å². The van der Waals surface area contributed by atoms with Crippen LogP contribution in [0.1, 0.15) is 34.8 Å². The maximum Gasteiger partial charge on any atom is 0.335 e. The van der Waals surface area contributed by atoms with Crippen LogP contribution in [-0.2, 0) is 0 Å². The van der Waals surface area contributed by atoms with Gasteiger partial charge in [-0.2, -0.15) is 0 Å². The number of carbonyl (C=O) groups is 1. The molecule has 0 aliphatic heterocycles. The summed E-state index contributed by atoms with van der Waals surface area (Å²) < 4.78 is 5.63. The molecule has 0 saturated carbocycles. The summed E-state index contributed by atoms with van der Waals surface area (Å²) in [5, 5.41) is 9.03. The second-order valence-corrected chi connectivity index (χ2v) is 5.16. The van der Waals surface area contributed by atoms with Crippen LogP contribution in [0.25, 0.3) is 11.1 Å². The van der Waals surface area contributed by atoms with Gasteiger partial charge in [-0.3, -0.25) is 0 Å². The van der Waals surface area contributed by atoms with E-state index >= 15 is 0 Å². The Morgan fingerprint density at radius 2 is 1.67 bits per heavy atom. The first-order valence-electron chi connectivity index (χ1n) is 7.10. The van der Waals surface area contributed by atoms with Gasteiger partial charge in [0.15, 0.2) is 0 Å². The molecule has 1 N–H and O–H groups in total. The third-order valence-corrected chi connectivity index (χ3v) is 3.43. The highest BCUT2D eigenvalue weighted by Gasteiger charge is 2.09. The van der Waals surface area contributed by atoms with E-state index < -0.39 is 5.97 Å². The zero-order valence-electron chi connectivity index (χ0n) is 12.6. The number of carboxylic acids is 1. The van der Waals surface area contributed by atoms with Gasteiger partial charge in [0, 0.05) is 0 Å². The smallest absolute Gasteiger partial charge is 0.335 e. The molecule has 0 saturated heterocycles. The van der Waals surface area contributed by atoms with Crippen LogP contribution >= 0.6 is 0 Å². The Morgan fingerprint density at radius 3 is 2.19 bits per heavy atom. The largest absolute Gasteiger partial charge is 0.494 e. The van der Waals surface area contributed by atoms with Crippen molar-refractivity contribution < 1.29 is 14.6 Å². The van der Waals surface area contributed by atoms with Gasteiger partial charge in [0.1, 0.15) is 5.75 Å². The summed E-state index contributed by atoms with van der Waals surface area (Å²) in [5.41, 5.74) is 4.56. The lowest BCUT2D eigenvalue weighted by molar-refractivity contribution is 0.0697. The zero-order chi connectivity index (χ0) is 15.4. The molecule has 0 spiro atoms. The van der Waals surface area contributed by atoms with Crippen LogP contribution < -0.4 is 4.74 Å². The van der Waals surface area contributed by atoms with Gasteiger partial charge in [0.05, 0.1) is 12.2 Å². The monoisotopic (exact) mass is 284 g/mol. The van der Waals surface area contributed by atoms with Crippen LogP contribution in [0.5, 0.6) is 5.75 Å². The van der Waals surface area contributed by atoms with Gasteiger partial charge < -0.3 is 9.84 Å². The van der Waals surface area contributed by atoms with E-state index in [9.17, 15) is 4.79 Å². The molecule has 0 heterocycles. The van der Waals surface area contributed by atoms with Crippen molar-refractivity contribution in [2.24, 2.45) is 0 Å². The summed E-state index contributed by atoms with van der Waals surface area (Å²) in [5.74, 6) is -0.0254. The molecule has 0 aliphatic carbocycles. The lowest BCUT2D eigenvalue weighted by atomic mass is 9.95. The Labute approximate surface area is 125 Å². The van der Waals surface area contributed by atoms with Crippen LogP contribution in [0, 0.1) is 13.8 Å². The second kappa shape index (κ2) is 6.44. The number of hydrogen-bond donors (Lipinski definition) is 1. The molecule has 3 heteroatoms. The van der Waals surface area contributed by atoms with Crippen molar-refractivity contribution in [3.8, 4) is 16.9 Å². The predicted octanol–water partition coefficient (Wildman–Crippen LogP) is 4.46. The van der Waals surface area contributed by atoms with E-state index in [4.69, 9.17) is 9.84 Å². The quantitative estimate of drug-likeness (QED) is 0.881. The van der Waals surface area contributed by atoms with Crippen molar-refractivity contribution in [3.63, 3.8) is 0 Å². The first kappa shape index (κ1) is 15.1. The number of aryl methyl sites for hydroxylation is 2. The molecule has 2 aromatic carbocycles. The van der Waals surface area contributed by atoms with Crippen LogP contribution in [0.2, 0.25) is 0 Å². The van der Waals surface area contributed by atoms with Crippen molar-refractivity contribution in [1.29, 1.82) is 0 Å². The van der Waals surface area contributed by atoms with Gasteiger partial charge in [-0.15, -0.1) is 0 Å². The highest BCUT2D eigenvalue weighted by molar-refractivity contribution is 5.89. The van der Waals surface area contributed by atoms with E-state index in [0.717, 1.165) is 34.4 Å². The van der Waals surface area contributed by atoms with E-state index in [1.807, 2.05) is 38.1 Å². The molecule has 0 radical (unpaired) electrons. The van der Waals surface area contributed by atoms with Gasteiger partial charge in [-0.1, -0.05) is 19.1 Å². The molecule has 0 atom stereocenters. The second-order valence-electron chi connectivity index (χ2n) is 5.16. The first-order chi connectivity index (χ1) is 10.0. The summed E-state index contributed by atoms with van der Waals surface area (Å²) in [7, 11) is 0. The molecule has 2 aromatic rings. The highest BCUT2D eigenvalue weighted by atomic mass is 16.5. The lowest BCUT2D eigenvalue weighted by Gasteiger charge is -2.12. The minimum Gasteiger partial charge on any atom is -0.494 e. The van der Waals surface area contributed by atoms with E-state index in [2.05, 4.69) is 6.92 Å². The third-order valence-electron chi connectivity index (χ3n) is 3.43. The zero-order valence-corrected chi connectivity index (χ0v) is 12.6. The normalized spacial score (nSPS) is 10.4. The molecule has 0 aliphatic rings. The minimum absolute atomic E-state index is 0.316. The fraction of sp³-hybridized carbons (Fsp3) is 0.278. The first-order valence-corrected chi connectivity index (χ1v) is 7.10. The molecule has 2 rings (SSSR count). The van der Waals surface area contributed by atoms with Crippen LogP contribution in [0.4, 0.5) is 0 Å². The van der Waals surface area contributed by atoms with Gasteiger partial charge in [-0.25, -0.2) is 4.79 Å². The van der Waals surface area contributed by atoms with E-state index in [-0.39, 0.29) is 0 Å². The molecular weight excluding hydrogens is 264 g/mol. The summed E-state index contributed by atoms with van der Waals surface area (Å²) in [6.07, 6.45) is 0.983. The van der Waals surface area contributed by atoms with Crippen molar-refractivity contribution in [1.82, 2.24) is 0 Å². The average molecular weight is 284 g/mol. The number of rotatable bonds is 5. The average Bonchev–Trinajstić information content (AvgIpc) is 2.45. The summed E-state index contributed by atoms with van der Waals surface area (Å²) in [4.78, 5) is 11.0. The minimum atomic E-state index is -0.898. The molecular formula is C18H20O3. The number of hydrogen-bond acceptors (Lipinski definition) is 2. The van der Waals surface area contributed by atoms with Gasteiger partial charge >= 0.3 is 5.97 Å². The molecule has 0 amide bonds. The molecule has 0 unspecified atom stereocenters. The SMILES string of the molecule is CCCOc1ccc(-c2ccc(C(=O)O)cc2C)c(C)c1. The molecule has 0 fully saturated rings. The van der Waals surface area contributed by atoms with Crippen LogP contribution in [-0.4, -0.2) is 17.7 Å². The van der Waals surface area contributed by atoms with E-state index in [1.54, 1.807) is 12.1 Å². The summed E-state index contributed by atoms with van der Waals surface area (Å²) in [6, 6.07) is 11.2. The fourth-order valence-electron chi connectivity index (χ4n) is 2.35. The molecule has 110 valence electrons. The van der Waals surface area contributed by atoms with Crippen molar-refractivity contribution in [2.45, 2.75) is 27.2 Å². The summed E-state index contributed by atoms with van der Waals surface area (Å²) in [6.45, 7) is 6.76. The van der Waals surface area contributed by atoms with Crippen molar-refractivity contribution in [3.05, 3.63) is 53.1 Å². The number of benzene rings is 2. The number of carboxylic acid groups (broad SMARTS) is 1. The highest BCUT2D eigenvalue weighted by Crippen LogP contribution is 2.30. The number of aromatic carboxylic acids is 1. The Kier molecular flexibility index (Phi) is 4.63. The Morgan fingerprint density at radius 1 is 1.05 bits per heavy atom. The van der Waals surface area contributed by atoms with Gasteiger partial charge in [0.25, 0.3) is 0 Å². The van der Waals surface area contributed by atoms with Crippen molar-refractivity contribution >= 4 is 5.97 Å². The maximum absolute atomic E-state index is 11.0. The topological polar surface area (TPSA) is 46.5 Å². The van der Waals surface area contributed by atoms with E-state index in [0.29, 0.717) is 12.2 Å². The van der Waals surface area contributed by atoms with Crippen molar-refractivity contribution in [2.75, 3.05) is 6.61 Å². The van der Waals surface area contributed by atoms with Crippen LogP contribution in [0.15, 0.2) is 36.4 Å². The van der Waals surface area contributed by atoms with E-state index in [1.165, 1.54) is 0 Å². The van der Waals surface area contributed by atoms with Gasteiger partial charge in [-0.05, 0) is 66.8 Å². The standard InChI is InChI=1S/C18H20O3/c1-4-9-21-15-6-8-17(13(3)11-15)16-7-5-14(18(19)20)10-12(16)2/h5-8,10-11H,4,9H2,1-3H3,(H,19,20). The Balaban J connectivity index is 2.36. The molecule has 0 aromatic heterocycles. The predicted molar refractivity (Wildman–Crippen MR) is 84.1 cm³/mol. The fourth-order valence-corrected chi connectivity index (χ4v) is 2.35. The third kappa shape index (κ3) is 3.43.